The van der Waals surface area contributed by atoms with E-state index < -0.39 is 0 Å². The lowest BCUT2D eigenvalue weighted by Gasteiger charge is -2.35. The smallest absolute Gasteiger partial charge is 0.135 e. The van der Waals surface area contributed by atoms with E-state index in [4.69, 9.17) is 4.42 Å². The largest absolute Gasteiger partial charge is 0.456 e. The van der Waals surface area contributed by atoms with Crippen molar-refractivity contribution in [1.82, 2.24) is 0 Å². The van der Waals surface area contributed by atoms with E-state index in [0.29, 0.717) is 11.8 Å². The average molecular weight is 604 g/mol. The third-order valence-corrected chi connectivity index (χ3v) is 10.8. The van der Waals surface area contributed by atoms with Crippen LogP contribution in [0.2, 0.25) is 0 Å². The number of fused-ring (bicyclic) bond motifs is 12. The van der Waals surface area contributed by atoms with Gasteiger partial charge in [-0.1, -0.05) is 117 Å². The number of rotatable bonds is 3. The molecule has 2 unspecified atom stereocenters. The molecule has 47 heavy (non-hydrogen) atoms. The minimum Gasteiger partial charge on any atom is -0.456 e. The van der Waals surface area contributed by atoms with Crippen LogP contribution in [0.5, 0.6) is 0 Å². The first-order valence-electron chi connectivity index (χ1n) is 16.6. The van der Waals surface area contributed by atoms with Gasteiger partial charge in [0.05, 0.1) is 0 Å². The van der Waals surface area contributed by atoms with Gasteiger partial charge in [-0.15, -0.1) is 0 Å². The number of hydrogen-bond donors (Lipinski definition) is 0. The Morgan fingerprint density at radius 3 is 1.96 bits per heavy atom. The minimum atomic E-state index is -0.0929. The van der Waals surface area contributed by atoms with Gasteiger partial charge in [0.2, 0.25) is 0 Å². The zero-order valence-corrected chi connectivity index (χ0v) is 26.4. The monoisotopic (exact) mass is 603 g/mol. The molecular formula is C45H33NO. The highest BCUT2D eigenvalue weighted by molar-refractivity contribution is 6.06. The van der Waals surface area contributed by atoms with Gasteiger partial charge >= 0.3 is 0 Å². The molecule has 6 aromatic carbocycles. The van der Waals surface area contributed by atoms with Gasteiger partial charge < -0.3 is 9.32 Å². The fraction of sp³-hybridized carbons (Fsp3) is 0.111. The summed E-state index contributed by atoms with van der Waals surface area (Å²) in [5.41, 5.74) is 16.0. The first-order valence-corrected chi connectivity index (χ1v) is 16.6. The zero-order chi connectivity index (χ0) is 31.3. The maximum atomic E-state index is 6.26. The van der Waals surface area contributed by atoms with Gasteiger partial charge in [0.1, 0.15) is 11.2 Å². The second-order valence-corrected chi connectivity index (χ2v) is 13.7. The van der Waals surface area contributed by atoms with Gasteiger partial charge in [0, 0.05) is 45.1 Å². The first-order chi connectivity index (χ1) is 23.1. The summed E-state index contributed by atoms with van der Waals surface area (Å²) in [4.78, 5) is 2.44. The third-order valence-electron chi connectivity index (χ3n) is 10.8. The van der Waals surface area contributed by atoms with Gasteiger partial charge in [0.25, 0.3) is 0 Å². The van der Waals surface area contributed by atoms with Crippen molar-refractivity contribution in [1.29, 1.82) is 0 Å². The van der Waals surface area contributed by atoms with Gasteiger partial charge in [0.15, 0.2) is 0 Å². The Kier molecular flexibility index (Phi) is 5.49. The minimum absolute atomic E-state index is 0.0929. The Morgan fingerprint density at radius 2 is 1.09 bits per heavy atom. The third kappa shape index (κ3) is 3.79. The normalized spacial score (nSPS) is 18.0. The summed E-state index contributed by atoms with van der Waals surface area (Å²) in [6.07, 6.45) is 9.16. The highest BCUT2D eigenvalue weighted by Crippen LogP contribution is 2.53. The van der Waals surface area contributed by atoms with Gasteiger partial charge in [-0.25, -0.2) is 0 Å². The topological polar surface area (TPSA) is 16.4 Å². The molecule has 3 aliphatic carbocycles. The number of anilines is 3. The molecule has 2 heteroatoms. The van der Waals surface area contributed by atoms with Crippen LogP contribution in [0.15, 0.2) is 156 Å². The standard InChI is InChI=1S/C45H33NO/c1-45(2)41-17-9-7-15-36(41)37-23-20-30(27-42(37)45)46(29-21-24-44-40(26-29)38-16-8-10-18-43(38)47-44)28-19-22-35-33-13-4-3-11-31(33)32-12-5-6-14-34(32)39(35)25-28/h3-27,32,34H,1-2H3. The molecule has 0 N–H and O–H groups in total. The van der Waals surface area contributed by atoms with Crippen LogP contribution >= 0.6 is 0 Å². The second kappa shape index (κ2) is 9.70. The predicted octanol–water partition coefficient (Wildman–Crippen LogP) is 12.3. The lowest BCUT2D eigenvalue weighted by molar-refractivity contribution is 0.660. The number of benzene rings is 6. The molecule has 0 amide bonds. The highest BCUT2D eigenvalue weighted by Gasteiger charge is 2.36. The fourth-order valence-corrected chi connectivity index (χ4v) is 8.58. The van der Waals surface area contributed by atoms with Crippen LogP contribution in [0.4, 0.5) is 17.1 Å². The molecule has 1 heterocycles. The Morgan fingerprint density at radius 1 is 0.489 bits per heavy atom. The molecule has 0 aliphatic heterocycles. The van der Waals surface area contributed by atoms with E-state index in [1.807, 2.05) is 6.07 Å². The van der Waals surface area contributed by atoms with Crippen LogP contribution in [0.1, 0.15) is 47.9 Å². The lowest BCUT2D eigenvalue weighted by atomic mass is 9.70. The summed E-state index contributed by atoms with van der Waals surface area (Å²) in [5.74, 6) is 0.626. The number of nitrogens with zero attached hydrogens (tertiary/aromatic N) is 1. The molecule has 10 rings (SSSR count). The van der Waals surface area contributed by atoms with Crippen LogP contribution in [0.25, 0.3) is 44.2 Å². The highest BCUT2D eigenvalue weighted by atomic mass is 16.3. The molecule has 0 fully saturated rings. The van der Waals surface area contributed by atoms with Crippen molar-refractivity contribution < 1.29 is 4.42 Å². The van der Waals surface area contributed by atoms with E-state index in [9.17, 15) is 0 Å². The van der Waals surface area contributed by atoms with Crippen molar-refractivity contribution >= 4 is 39.0 Å². The van der Waals surface area contributed by atoms with Crippen molar-refractivity contribution in [3.63, 3.8) is 0 Å². The molecule has 7 aromatic rings. The predicted molar refractivity (Wildman–Crippen MR) is 195 cm³/mol. The van der Waals surface area contributed by atoms with Crippen LogP contribution in [0.3, 0.4) is 0 Å². The summed E-state index contributed by atoms with van der Waals surface area (Å²) >= 11 is 0. The summed E-state index contributed by atoms with van der Waals surface area (Å²) in [6.45, 7) is 4.71. The molecule has 0 radical (unpaired) electrons. The van der Waals surface area contributed by atoms with Gasteiger partial charge in [-0.3, -0.25) is 0 Å². The van der Waals surface area contributed by atoms with E-state index in [2.05, 4.69) is 164 Å². The summed E-state index contributed by atoms with van der Waals surface area (Å²) < 4.78 is 6.26. The maximum Gasteiger partial charge on any atom is 0.135 e. The van der Waals surface area contributed by atoms with E-state index in [1.54, 1.807) is 0 Å². The maximum absolute atomic E-state index is 6.26. The van der Waals surface area contributed by atoms with Crippen LogP contribution < -0.4 is 4.90 Å². The lowest BCUT2D eigenvalue weighted by Crippen LogP contribution is -2.18. The van der Waals surface area contributed by atoms with Crippen molar-refractivity contribution in [3.05, 3.63) is 174 Å². The van der Waals surface area contributed by atoms with E-state index in [-0.39, 0.29) is 5.41 Å². The Hall–Kier alpha value is -5.60. The molecular weight excluding hydrogens is 571 g/mol. The molecule has 0 spiro atoms. The second-order valence-electron chi connectivity index (χ2n) is 13.7. The number of furan rings is 1. The number of hydrogen-bond acceptors (Lipinski definition) is 2. The molecule has 1 aromatic heterocycles. The fourth-order valence-electron chi connectivity index (χ4n) is 8.58. The first kappa shape index (κ1) is 26.6. The van der Waals surface area contributed by atoms with Crippen LogP contribution in [-0.2, 0) is 5.41 Å². The van der Waals surface area contributed by atoms with E-state index in [1.165, 1.54) is 44.5 Å². The molecule has 2 atom stereocenters. The van der Waals surface area contributed by atoms with E-state index in [0.717, 1.165) is 39.0 Å². The molecule has 0 saturated heterocycles. The molecule has 0 bridgehead atoms. The Balaban J connectivity index is 1.20. The molecule has 224 valence electrons. The average Bonchev–Trinajstić information content (AvgIpc) is 3.60. The van der Waals surface area contributed by atoms with Gasteiger partial charge in [-0.05, 0) is 93.0 Å². The molecule has 2 nitrogen and oxygen atoms in total. The van der Waals surface area contributed by atoms with E-state index >= 15 is 0 Å². The summed E-state index contributed by atoms with van der Waals surface area (Å²) in [7, 11) is 0. The SMILES string of the molecule is CC1(C)c2ccccc2-c2ccc(N(c3ccc4c(c3)C3C=CC=CC3c3ccccc3-4)c3ccc4oc5ccccc5c4c3)cc21. The van der Waals surface area contributed by atoms with Gasteiger partial charge in [-0.2, -0.15) is 0 Å². The van der Waals surface area contributed by atoms with Crippen molar-refractivity contribution in [3.8, 4) is 22.3 Å². The number of para-hydroxylation sites is 1. The zero-order valence-electron chi connectivity index (χ0n) is 26.4. The quantitative estimate of drug-likeness (QED) is 0.200. The Labute approximate surface area is 274 Å². The molecule has 3 aliphatic rings. The number of allylic oxidation sites excluding steroid dienone is 4. The summed E-state index contributed by atoms with van der Waals surface area (Å²) in [5, 5.41) is 2.27. The van der Waals surface area contributed by atoms with Crippen molar-refractivity contribution in [2.75, 3.05) is 4.90 Å². The molecule has 0 saturated carbocycles. The van der Waals surface area contributed by atoms with Crippen LogP contribution in [-0.4, -0.2) is 0 Å². The van der Waals surface area contributed by atoms with Crippen LogP contribution in [0, 0.1) is 0 Å². The summed E-state index contributed by atoms with van der Waals surface area (Å²) in [6, 6.07) is 46.9. The van der Waals surface area contributed by atoms with Crippen molar-refractivity contribution in [2.45, 2.75) is 31.1 Å². The Bertz CT molecular complexity index is 2470. The van der Waals surface area contributed by atoms with Crippen molar-refractivity contribution in [2.24, 2.45) is 0 Å².